The monoisotopic (exact) mass is 454 g/mol. The molecule has 0 fully saturated rings. The molecule has 4 rings (SSSR count). The lowest BCUT2D eigenvalue weighted by Crippen LogP contribution is -2.12. The topological polar surface area (TPSA) is 51.2 Å². The van der Waals surface area contributed by atoms with Gasteiger partial charge in [0.05, 0.1) is 28.3 Å². The molecule has 0 unspecified atom stereocenters. The Kier molecular flexibility index (Phi) is 6.04. The van der Waals surface area contributed by atoms with Gasteiger partial charge in [-0.3, -0.25) is 10.1 Å². The number of carbonyl (C=O) groups is 1. The third-order valence-electron chi connectivity index (χ3n) is 4.42. The second-order valence-electron chi connectivity index (χ2n) is 6.37. The van der Waals surface area contributed by atoms with E-state index >= 15 is 0 Å². The Morgan fingerprint density at radius 2 is 1.70 bits per heavy atom. The zero-order valence-electron chi connectivity index (χ0n) is 15.9. The Hall–Kier alpha value is -2.86. The number of hydrogen-bond donors (Lipinski definition) is 1. The summed E-state index contributed by atoms with van der Waals surface area (Å²) in [5.74, 6) is 0.424. The van der Waals surface area contributed by atoms with E-state index in [-0.39, 0.29) is 10.9 Å². The van der Waals surface area contributed by atoms with Gasteiger partial charge >= 0.3 is 0 Å². The molecule has 150 valence electrons. The molecule has 1 N–H and O–H groups in total. The van der Waals surface area contributed by atoms with Gasteiger partial charge < -0.3 is 4.74 Å². The molecule has 1 amide bonds. The first kappa shape index (κ1) is 20.4. The molecular weight excluding hydrogens is 439 g/mol. The molecule has 0 aliphatic heterocycles. The minimum absolute atomic E-state index is 0.287. The third-order valence-corrected chi connectivity index (χ3v) is 5.99. The van der Waals surface area contributed by atoms with Crippen LogP contribution >= 0.6 is 34.5 Å². The first-order chi connectivity index (χ1) is 14.5. The van der Waals surface area contributed by atoms with Crippen LogP contribution in [0.15, 0.2) is 72.8 Å². The maximum atomic E-state index is 12.7. The second-order valence-corrected chi connectivity index (χ2v) is 8.21. The predicted molar refractivity (Wildman–Crippen MR) is 124 cm³/mol. The number of ether oxygens (including phenoxy) is 1. The summed E-state index contributed by atoms with van der Waals surface area (Å²) in [7, 11) is 1.63. The molecule has 3 aromatic carbocycles. The summed E-state index contributed by atoms with van der Waals surface area (Å²) in [6.07, 6.45) is 0. The summed E-state index contributed by atoms with van der Waals surface area (Å²) in [4.78, 5) is 18.4. The highest BCUT2D eigenvalue weighted by atomic mass is 35.5. The average Bonchev–Trinajstić information content (AvgIpc) is 3.18. The van der Waals surface area contributed by atoms with Crippen molar-refractivity contribution in [2.75, 3.05) is 12.4 Å². The van der Waals surface area contributed by atoms with Crippen LogP contribution in [-0.2, 0) is 0 Å². The number of anilines is 1. The molecule has 0 saturated carbocycles. The van der Waals surface area contributed by atoms with Gasteiger partial charge in [0, 0.05) is 10.6 Å². The van der Waals surface area contributed by atoms with Crippen LogP contribution in [0.5, 0.6) is 5.75 Å². The van der Waals surface area contributed by atoms with Crippen LogP contribution in [0.25, 0.3) is 21.7 Å². The van der Waals surface area contributed by atoms with Crippen molar-refractivity contribution in [1.29, 1.82) is 0 Å². The van der Waals surface area contributed by atoms with Crippen molar-refractivity contribution in [3.63, 3.8) is 0 Å². The molecule has 0 bridgehead atoms. The molecule has 4 nitrogen and oxygen atoms in total. The van der Waals surface area contributed by atoms with Crippen LogP contribution in [0.3, 0.4) is 0 Å². The van der Waals surface area contributed by atoms with Crippen LogP contribution in [0.2, 0.25) is 10.0 Å². The van der Waals surface area contributed by atoms with E-state index in [9.17, 15) is 4.79 Å². The number of rotatable bonds is 5. The third kappa shape index (κ3) is 4.33. The number of thiazole rings is 1. The highest BCUT2D eigenvalue weighted by molar-refractivity contribution is 7.19. The van der Waals surface area contributed by atoms with Crippen LogP contribution in [0.4, 0.5) is 5.13 Å². The molecule has 0 saturated heterocycles. The fourth-order valence-electron chi connectivity index (χ4n) is 2.94. The molecule has 1 heterocycles. The van der Waals surface area contributed by atoms with E-state index in [1.54, 1.807) is 19.2 Å². The lowest BCUT2D eigenvalue weighted by molar-refractivity contribution is 0.102. The molecule has 0 aliphatic rings. The maximum Gasteiger partial charge on any atom is 0.258 e. The van der Waals surface area contributed by atoms with Gasteiger partial charge in [-0.15, -0.1) is 0 Å². The summed E-state index contributed by atoms with van der Waals surface area (Å²) in [5, 5.41) is 4.10. The number of aromatic nitrogens is 1. The predicted octanol–water partition coefficient (Wildman–Crippen LogP) is 7.04. The zero-order valence-corrected chi connectivity index (χ0v) is 18.2. The molecule has 7 heteroatoms. The summed E-state index contributed by atoms with van der Waals surface area (Å²) < 4.78 is 5.25. The smallest absolute Gasteiger partial charge is 0.258 e. The summed E-state index contributed by atoms with van der Waals surface area (Å²) in [6, 6.07) is 22.4. The lowest BCUT2D eigenvalue weighted by Gasteiger charge is -2.04. The molecule has 0 aliphatic carbocycles. The molecule has 4 aromatic rings. The van der Waals surface area contributed by atoms with Gasteiger partial charge in [-0.1, -0.05) is 64.9 Å². The number of carbonyl (C=O) groups excluding carboxylic acids is 1. The van der Waals surface area contributed by atoms with Crippen molar-refractivity contribution < 1.29 is 9.53 Å². The number of nitrogens with one attached hydrogen (secondary N) is 1. The quantitative estimate of drug-likeness (QED) is 0.351. The van der Waals surface area contributed by atoms with Gasteiger partial charge in [0.1, 0.15) is 5.75 Å². The highest BCUT2D eigenvalue weighted by Crippen LogP contribution is 2.39. The maximum absolute atomic E-state index is 12.7. The number of methoxy groups -OCH3 is 1. The van der Waals surface area contributed by atoms with Crippen molar-refractivity contribution in [3.05, 3.63) is 88.4 Å². The van der Waals surface area contributed by atoms with Crippen LogP contribution in [0.1, 0.15) is 10.4 Å². The Balaban J connectivity index is 1.72. The molecular formula is C23H16Cl2N2O2S. The molecule has 0 atom stereocenters. The number of hydrogen-bond acceptors (Lipinski definition) is 4. The van der Waals surface area contributed by atoms with Crippen molar-refractivity contribution in [2.45, 2.75) is 0 Å². The molecule has 30 heavy (non-hydrogen) atoms. The molecule has 0 radical (unpaired) electrons. The Morgan fingerprint density at radius 1 is 0.967 bits per heavy atom. The largest absolute Gasteiger partial charge is 0.497 e. The molecule has 0 spiro atoms. The fourth-order valence-corrected chi connectivity index (χ4v) is 4.42. The van der Waals surface area contributed by atoms with E-state index in [0.717, 1.165) is 27.4 Å². The Labute approximate surface area is 188 Å². The van der Waals surface area contributed by atoms with E-state index in [4.69, 9.17) is 32.9 Å². The van der Waals surface area contributed by atoms with Crippen molar-refractivity contribution in [3.8, 4) is 27.4 Å². The van der Waals surface area contributed by atoms with Crippen molar-refractivity contribution in [1.82, 2.24) is 4.98 Å². The summed E-state index contributed by atoms with van der Waals surface area (Å²) in [5.41, 5.74) is 3.07. The van der Waals surface area contributed by atoms with Crippen LogP contribution < -0.4 is 10.1 Å². The SMILES string of the molecule is COc1ccc(-c2nc(NC(=O)c3ccc(Cl)cc3Cl)sc2-c2ccccc2)cc1. The number of amides is 1. The van der Waals surface area contributed by atoms with E-state index in [1.165, 1.54) is 17.4 Å². The van der Waals surface area contributed by atoms with E-state index in [2.05, 4.69) is 5.32 Å². The minimum atomic E-state index is -0.341. The lowest BCUT2D eigenvalue weighted by atomic mass is 10.1. The van der Waals surface area contributed by atoms with Crippen molar-refractivity contribution in [2.24, 2.45) is 0 Å². The normalized spacial score (nSPS) is 10.6. The number of halogens is 2. The van der Waals surface area contributed by atoms with E-state index in [1.807, 2.05) is 54.6 Å². The minimum Gasteiger partial charge on any atom is -0.497 e. The van der Waals surface area contributed by atoms with E-state index in [0.29, 0.717) is 15.7 Å². The van der Waals surface area contributed by atoms with Crippen LogP contribution in [-0.4, -0.2) is 18.0 Å². The first-order valence-electron chi connectivity index (χ1n) is 9.02. The standard InChI is InChI=1S/C23H16Cl2N2O2S/c1-29-17-10-7-14(8-11-17)20-21(15-5-3-2-4-6-15)30-23(26-20)27-22(28)18-12-9-16(24)13-19(18)25/h2-13H,1H3,(H,26,27,28). The first-order valence-corrected chi connectivity index (χ1v) is 10.6. The Morgan fingerprint density at radius 3 is 2.37 bits per heavy atom. The second kappa shape index (κ2) is 8.88. The van der Waals surface area contributed by atoms with Gasteiger partial charge in [0.2, 0.25) is 0 Å². The number of benzene rings is 3. The van der Waals surface area contributed by atoms with Gasteiger partial charge in [-0.05, 0) is 48.0 Å². The fraction of sp³-hybridized carbons (Fsp3) is 0.0435. The van der Waals surface area contributed by atoms with Gasteiger partial charge in [0.25, 0.3) is 5.91 Å². The molecule has 1 aromatic heterocycles. The average molecular weight is 455 g/mol. The van der Waals surface area contributed by atoms with Gasteiger partial charge in [-0.25, -0.2) is 4.98 Å². The summed E-state index contributed by atoms with van der Waals surface area (Å²) in [6.45, 7) is 0. The van der Waals surface area contributed by atoms with Gasteiger partial charge in [-0.2, -0.15) is 0 Å². The zero-order chi connectivity index (χ0) is 21.1. The van der Waals surface area contributed by atoms with Crippen molar-refractivity contribution >= 4 is 45.6 Å². The van der Waals surface area contributed by atoms with Crippen LogP contribution in [0, 0.1) is 0 Å². The van der Waals surface area contributed by atoms with Gasteiger partial charge in [0.15, 0.2) is 5.13 Å². The summed E-state index contributed by atoms with van der Waals surface area (Å²) >= 11 is 13.5. The Bertz CT molecular complexity index is 1190. The van der Waals surface area contributed by atoms with E-state index < -0.39 is 0 Å². The highest BCUT2D eigenvalue weighted by Gasteiger charge is 2.18. The number of nitrogens with zero attached hydrogens (tertiary/aromatic N) is 1.